The Morgan fingerprint density at radius 3 is 2.76 bits per heavy atom. The van der Waals surface area contributed by atoms with Crippen LogP contribution in [-0.2, 0) is 17.6 Å². The maximum absolute atomic E-state index is 12.4. The summed E-state index contributed by atoms with van der Waals surface area (Å²) in [5.74, 6) is 0.387. The Labute approximate surface area is 149 Å². The van der Waals surface area contributed by atoms with Crippen LogP contribution in [0.4, 0.5) is 5.69 Å². The third-order valence-electron chi connectivity index (χ3n) is 4.48. The Bertz CT molecular complexity index is 942. The molecule has 3 aromatic rings. The molecule has 0 radical (unpaired) electrons. The molecule has 1 aliphatic rings. The minimum absolute atomic E-state index is 0.183. The lowest BCUT2D eigenvalue weighted by molar-refractivity contribution is 0.0385. The van der Waals surface area contributed by atoms with E-state index in [4.69, 9.17) is 19.9 Å². The van der Waals surface area contributed by atoms with Crippen LogP contribution < -0.4 is 5.73 Å². The number of rotatable bonds is 3. The molecule has 0 saturated heterocycles. The smallest absolute Gasteiger partial charge is 0.350 e. The Balaban J connectivity index is 1.95. The lowest BCUT2D eigenvalue weighted by atomic mass is 9.88. The van der Waals surface area contributed by atoms with Gasteiger partial charge in [0.2, 0.25) is 0 Å². The standard InChI is InChI=1S/C19H20N2O3S/c1-10(2)24-19(22)17-15(20)14-11-6-3-4-7-12(11)16(21-18(14)25-17)13-8-5-9-23-13/h5,8-10H,3-4,6-7,20H2,1-2H3. The second-order valence-corrected chi connectivity index (χ2v) is 7.58. The predicted octanol–water partition coefficient (Wildman–Crippen LogP) is 4.58. The number of hydrogen-bond donors (Lipinski definition) is 1. The van der Waals surface area contributed by atoms with Gasteiger partial charge in [-0.05, 0) is 62.8 Å². The van der Waals surface area contributed by atoms with Crippen LogP contribution in [0.2, 0.25) is 0 Å². The molecule has 2 N–H and O–H groups in total. The number of fused-ring (bicyclic) bond motifs is 3. The first-order valence-corrected chi connectivity index (χ1v) is 9.36. The Hall–Kier alpha value is -2.34. The Morgan fingerprint density at radius 1 is 1.32 bits per heavy atom. The molecule has 0 saturated carbocycles. The van der Waals surface area contributed by atoms with Gasteiger partial charge in [0.05, 0.1) is 18.1 Å². The van der Waals surface area contributed by atoms with Crippen molar-refractivity contribution < 1.29 is 13.9 Å². The number of nitrogens with two attached hydrogens (primary N) is 1. The zero-order chi connectivity index (χ0) is 17.6. The Morgan fingerprint density at radius 2 is 2.08 bits per heavy atom. The molecule has 0 unspecified atom stereocenters. The number of nitrogen functional groups attached to an aromatic ring is 1. The van der Waals surface area contributed by atoms with Crippen LogP contribution in [0.5, 0.6) is 0 Å². The summed E-state index contributed by atoms with van der Waals surface area (Å²) in [7, 11) is 0. The van der Waals surface area contributed by atoms with Crippen molar-refractivity contribution in [3.8, 4) is 11.5 Å². The Kier molecular flexibility index (Phi) is 4.00. The molecule has 0 amide bonds. The van der Waals surface area contributed by atoms with Crippen molar-refractivity contribution in [3.63, 3.8) is 0 Å². The van der Waals surface area contributed by atoms with E-state index in [-0.39, 0.29) is 12.1 Å². The fourth-order valence-corrected chi connectivity index (χ4v) is 4.46. The van der Waals surface area contributed by atoms with Crippen molar-refractivity contribution in [2.45, 2.75) is 45.6 Å². The highest BCUT2D eigenvalue weighted by Crippen LogP contribution is 2.42. The number of thiophene rings is 1. The lowest BCUT2D eigenvalue weighted by Gasteiger charge is -2.19. The normalized spacial score (nSPS) is 14.0. The van der Waals surface area contributed by atoms with Crippen LogP contribution in [0, 0.1) is 0 Å². The summed E-state index contributed by atoms with van der Waals surface area (Å²) in [5, 5.41) is 0.922. The van der Waals surface area contributed by atoms with E-state index in [1.807, 2.05) is 26.0 Å². The molecule has 25 heavy (non-hydrogen) atoms. The number of carbonyl (C=O) groups excluding carboxylic acids is 1. The molecule has 4 rings (SSSR count). The monoisotopic (exact) mass is 356 g/mol. The zero-order valence-corrected chi connectivity index (χ0v) is 15.1. The summed E-state index contributed by atoms with van der Waals surface area (Å²) in [6.07, 6.45) is 5.62. The van der Waals surface area contributed by atoms with Gasteiger partial charge in [0.15, 0.2) is 5.76 Å². The van der Waals surface area contributed by atoms with Gasteiger partial charge in [-0.1, -0.05) is 0 Å². The van der Waals surface area contributed by atoms with Crippen LogP contribution >= 0.6 is 11.3 Å². The molecule has 0 atom stereocenters. The molecule has 1 aliphatic carbocycles. The number of esters is 1. The van der Waals surface area contributed by atoms with Crippen molar-refractivity contribution in [3.05, 3.63) is 34.4 Å². The molecule has 0 spiro atoms. The van der Waals surface area contributed by atoms with Crippen molar-refractivity contribution in [2.24, 2.45) is 0 Å². The largest absolute Gasteiger partial charge is 0.463 e. The predicted molar refractivity (Wildman–Crippen MR) is 98.9 cm³/mol. The van der Waals surface area contributed by atoms with Crippen LogP contribution in [0.15, 0.2) is 22.8 Å². The molecule has 0 aliphatic heterocycles. The summed E-state index contributed by atoms with van der Waals surface area (Å²) in [6.45, 7) is 3.66. The van der Waals surface area contributed by atoms with E-state index >= 15 is 0 Å². The van der Waals surface area contributed by atoms with Gasteiger partial charge in [-0.15, -0.1) is 11.3 Å². The third kappa shape index (κ3) is 2.70. The average Bonchev–Trinajstić information content (AvgIpc) is 3.21. The van der Waals surface area contributed by atoms with E-state index in [1.54, 1.807) is 6.26 Å². The lowest BCUT2D eigenvalue weighted by Crippen LogP contribution is -2.12. The molecule has 3 aromatic heterocycles. The molecular formula is C19H20N2O3S. The van der Waals surface area contributed by atoms with Gasteiger partial charge in [-0.25, -0.2) is 9.78 Å². The number of ether oxygens (including phenoxy) is 1. The maximum Gasteiger partial charge on any atom is 0.350 e. The number of aromatic nitrogens is 1. The average molecular weight is 356 g/mol. The number of nitrogens with zero attached hydrogens (tertiary/aromatic N) is 1. The number of hydrogen-bond acceptors (Lipinski definition) is 6. The minimum atomic E-state index is -0.375. The fraction of sp³-hybridized carbons (Fsp3) is 0.368. The highest BCUT2D eigenvalue weighted by molar-refractivity contribution is 7.21. The van der Waals surface area contributed by atoms with Gasteiger partial charge in [-0.3, -0.25) is 0 Å². The molecule has 0 bridgehead atoms. The SMILES string of the molecule is CC(C)OC(=O)c1sc2nc(-c3ccco3)c3c(c2c1N)CCCC3. The van der Waals surface area contributed by atoms with Gasteiger partial charge in [-0.2, -0.15) is 0 Å². The third-order valence-corrected chi connectivity index (χ3v) is 5.56. The molecule has 0 aromatic carbocycles. The quantitative estimate of drug-likeness (QED) is 0.695. The summed E-state index contributed by atoms with van der Waals surface area (Å²) in [4.78, 5) is 18.4. The van der Waals surface area contributed by atoms with E-state index in [0.29, 0.717) is 10.6 Å². The number of pyridine rings is 1. The second kappa shape index (κ2) is 6.19. The summed E-state index contributed by atoms with van der Waals surface area (Å²) < 4.78 is 10.9. The summed E-state index contributed by atoms with van der Waals surface area (Å²) >= 11 is 1.31. The molecular weight excluding hydrogens is 336 g/mol. The first-order chi connectivity index (χ1) is 12.1. The van der Waals surface area contributed by atoms with E-state index in [1.165, 1.54) is 22.5 Å². The first-order valence-electron chi connectivity index (χ1n) is 8.55. The van der Waals surface area contributed by atoms with Crippen molar-refractivity contribution in [1.82, 2.24) is 4.98 Å². The second-order valence-electron chi connectivity index (χ2n) is 6.58. The highest BCUT2D eigenvalue weighted by atomic mass is 32.1. The van der Waals surface area contributed by atoms with Gasteiger partial charge < -0.3 is 14.9 Å². The summed E-state index contributed by atoms with van der Waals surface area (Å²) in [6, 6.07) is 3.79. The fourth-order valence-electron chi connectivity index (χ4n) is 3.45. The van der Waals surface area contributed by atoms with Gasteiger partial charge in [0.25, 0.3) is 0 Å². The molecule has 0 fully saturated rings. The number of aryl methyl sites for hydroxylation is 1. The topological polar surface area (TPSA) is 78.3 Å². The highest BCUT2D eigenvalue weighted by Gasteiger charge is 2.27. The minimum Gasteiger partial charge on any atom is -0.463 e. The van der Waals surface area contributed by atoms with E-state index < -0.39 is 0 Å². The van der Waals surface area contributed by atoms with Crippen molar-refractivity contribution >= 4 is 33.2 Å². The van der Waals surface area contributed by atoms with Crippen LogP contribution in [0.25, 0.3) is 21.7 Å². The van der Waals surface area contributed by atoms with Gasteiger partial charge in [0.1, 0.15) is 15.4 Å². The van der Waals surface area contributed by atoms with Gasteiger partial charge in [0, 0.05) is 5.39 Å². The van der Waals surface area contributed by atoms with E-state index in [0.717, 1.165) is 47.4 Å². The number of furan rings is 1. The van der Waals surface area contributed by atoms with Crippen molar-refractivity contribution in [1.29, 1.82) is 0 Å². The molecule has 6 heteroatoms. The first kappa shape index (κ1) is 16.1. The van der Waals surface area contributed by atoms with Crippen LogP contribution in [-0.4, -0.2) is 17.1 Å². The molecule has 5 nitrogen and oxygen atoms in total. The number of carbonyl (C=O) groups is 1. The van der Waals surface area contributed by atoms with Gasteiger partial charge >= 0.3 is 5.97 Å². The van der Waals surface area contributed by atoms with Crippen LogP contribution in [0.1, 0.15) is 47.5 Å². The van der Waals surface area contributed by atoms with Crippen molar-refractivity contribution in [2.75, 3.05) is 5.73 Å². The molecule has 130 valence electrons. The van der Waals surface area contributed by atoms with E-state index in [2.05, 4.69) is 0 Å². The van der Waals surface area contributed by atoms with Crippen LogP contribution in [0.3, 0.4) is 0 Å². The van der Waals surface area contributed by atoms with E-state index in [9.17, 15) is 4.79 Å². The maximum atomic E-state index is 12.4. The number of anilines is 1. The molecule has 3 heterocycles. The summed E-state index contributed by atoms with van der Waals surface area (Å²) in [5.41, 5.74) is 10.1. The zero-order valence-electron chi connectivity index (χ0n) is 14.3.